The van der Waals surface area contributed by atoms with Crippen molar-refractivity contribution >= 4 is 71.4 Å². The van der Waals surface area contributed by atoms with E-state index < -0.39 is 111 Å². The summed E-state index contributed by atoms with van der Waals surface area (Å²) < 4.78 is 4.57. The first-order valence-electron chi connectivity index (χ1n) is 35.9. The molecule has 3 saturated heterocycles. The van der Waals surface area contributed by atoms with E-state index >= 15 is 0 Å². The zero-order chi connectivity index (χ0) is 80.4. The molecule has 3 fully saturated rings. The van der Waals surface area contributed by atoms with E-state index in [1.54, 1.807) is 77.4 Å². The van der Waals surface area contributed by atoms with Gasteiger partial charge in [-0.15, -0.1) is 15.3 Å². The molecule has 0 aliphatic carbocycles. The van der Waals surface area contributed by atoms with E-state index in [1.807, 2.05) is 18.2 Å². The van der Waals surface area contributed by atoms with Crippen LogP contribution in [0.5, 0.6) is 0 Å². The van der Waals surface area contributed by atoms with Gasteiger partial charge in [0.05, 0.1) is 113 Å². The van der Waals surface area contributed by atoms with Crippen LogP contribution in [0.4, 0.5) is 0 Å². The van der Waals surface area contributed by atoms with Crippen molar-refractivity contribution in [3.05, 3.63) is 70.6 Å². The topological polar surface area (TPSA) is 590 Å². The number of rotatable bonds is 36. The first-order chi connectivity index (χ1) is 53.0. The molecular weight excluding hydrogens is 1460 g/mol. The highest BCUT2D eigenvalue weighted by Gasteiger charge is 2.24. The van der Waals surface area contributed by atoms with Crippen LogP contribution in [0.15, 0.2) is 51.8 Å². The van der Waals surface area contributed by atoms with E-state index in [-0.39, 0.29) is 236 Å². The largest absolute Gasteiger partial charge is 0.861 e. The Bertz CT molecular complexity index is 3310. The van der Waals surface area contributed by atoms with Crippen molar-refractivity contribution in [3.8, 4) is 0 Å². The van der Waals surface area contributed by atoms with Gasteiger partial charge in [-0.3, -0.25) is 88.2 Å². The lowest BCUT2D eigenvalue weighted by molar-refractivity contribution is -0.307. The van der Waals surface area contributed by atoms with Crippen molar-refractivity contribution < 1.29 is 104 Å². The highest BCUT2D eigenvalue weighted by molar-refractivity contribution is 5.75. The SMILES string of the molecule is O=C([O-])CN1CCN(CC(=O)O)CCN(CC(=O)[O-])CCN(CC([O-])=NCc2cn(Cc3cc(Cn4cc(CN=C([O-])CN5CCN(CC(=O)[O-])CCN(CC(=O)O)CCN(CC(=O)[O-])CC5)nn4)cc(Cn4cc(CN=C([O-])CN5CCN(CC(=O)[O-])CCN(CC(=O)O)CCN(CC(=O)[O-])CC5)nn4)c3)nn2)CC1. The van der Waals surface area contributed by atoms with Crippen LogP contribution in [0.3, 0.4) is 0 Å². The number of aliphatic carboxylic acids is 9. The average Bonchev–Trinajstić information content (AvgIpc) is 1.76. The van der Waals surface area contributed by atoms with Crippen molar-refractivity contribution in [1.82, 2.24) is 104 Å². The molecule has 111 heavy (non-hydrogen) atoms. The van der Waals surface area contributed by atoms with E-state index in [2.05, 4.69) is 45.9 Å². The summed E-state index contributed by atoms with van der Waals surface area (Å²) in [7, 11) is 0. The maximum Gasteiger partial charge on any atom is 0.317 e. The molecule has 3 aliphatic heterocycles. The number of carbonyl (C=O) groups is 9. The van der Waals surface area contributed by atoms with Gasteiger partial charge in [-0.05, 0) is 34.4 Å². The van der Waals surface area contributed by atoms with Gasteiger partial charge in [-0.25, -0.2) is 14.0 Å². The molecule has 0 atom stereocenters. The number of nitrogens with zero attached hydrogens (tertiary/aromatic N) is 24. The minimum atomic E-state index is -1.35. The van der Waals surface area contributed by atoms with Crippen molar-refractivity contribution in [2.75, 3.05) is 236 Å². The Balaban J connectivity index is 1.07. The van der Waals surface area contributed by atoms with Gasteiger partial charge in [0.1, 0.15) is 17.1 Å². The predicted octanol–water partition coefficient (Wildman–Crippen LogP) is -17.2. The summed E-state index contributed by atoms with van der Waals surface area (Å²) >= 11 is 0. The van der Waals surface area contributed by atoms with Crippen LogP contribution in [0, 0.1) is 0 Å². The average molecular weight is 1560 g/mol. The number of hydrogen-bond acceptors (Lipinski definition) is 39. The molecule has 0 amide bonds. The Morgan fingerprint density at radius 3 is 0.595 bits per heavy atom. The maximum absolute atomic E-state index is 13.6. The van der Waals surface area contributed by atoms with Gasteiger partial charge >= 0.3 is 17.9 Å². The molecule has 45 heteroatoms. The molecule has 1 aromatic carbocycles. The molecule has 0 saturated carbocycles. The van der Waals surface area contributed by atoms with Gasteiger partial charge in [-0.2, -0.15) is 0 Å². The normalized spacial score (nSPS) is 18.5. The first-order valence-corrected chi connectivity index (χ1v) is 35.9. The van der Waals surface area contributed by atoms with Crippen LogP contribution < -0.4 is 46.0 Å². The summed E-state index contributed by atoms with van der Waals surface area (Å²) in [5, 5.41) is 165. The Kier molecular flexibility index (Phi) is 36.3. The summed E-state index contributed by atoms with van der Waals surface area (Å²) in [6, 6.07) is 5.62. The Morgan fingerprint density at radius 1 is 0.270 bits per heavy atom. The molecular formula is C66H93N24O21-9. The van der Waals surface area contributed by atoms with E-state index in [0.717, 1.165) is 0 Å². The lowest BCUT2D eigenvalue weighted by Gasteiger charge is -2.34. The van der Waals surface area contributed by atoms with Crippen LogP contribution in [0.25, 0.3) is 0 Å². The summed E-state index contributed by atoms with van der Waals surface area (Å²) in [5.41, 5.74) is 3.03. The second-order valence-electron chi connectivity index (χ2n) is 27.2. The highest BCUT2D eigenvalue weighted by Crippen LogP contribution is 2.17. The van der Waals surface area contributed by atoms with Crippen LogP contribution >= 0.6 is 0 Å². The second-order valence-corrected chi connectivity index (χ2v) is 27.2. The summed E-state index contributed by atoms with van der Waals surface area (Å²) in [6.45, 7) is -1.15. The van der Waals surface area contributed by atoms with Gasteiger partial charge in [0, 0.05) is 216 Å². The molecule has 612 valence electrons. The molecule has 0 bridgehead atoms. The lowest BCUT2D eigenvalue weighted by atomic mass is 10.1. The molecule has 3 aliphatic rings. The number of benzene rings is 1. The van der Waals surface area contributed by atoms with E-state index in [1.165, 1.54) is 14.0 Å². The highest BCUT2D eigenvalue weighted by atomic mass is 16.4. The van der Waals surface area contributed by atoms with Crippen LogP contribution in [-0.4, -0.2) is 426 Å². The summed E-state index contributed by atoms with van der Waals surface area (Å²) in [4.78, 5) is 137. The fraction of sp³-hybridized carbons (Fsp3) is 0.636. The first kappa shape index (κ1) is 88.0. The maximum atomic E-state index is 13.6. The monoisotopic (exact) mass is 1560 g/mol. The summed E-state index contributed by atoms with van der Waals surface area (Å²) in [6.07, 6.45) is 4.78. The molecule has 3 aromatic heterocycles. The standard InChI is InChI=1S/C66H102N24O21/c91-55(37-76-1-7-79(40-58(94)95)13-19-85(46-64(106)107)20-14-80(8-2-76)41-59(96)97)67-28-52-34-88(73-70-52)31-49-25-50(32-89-35-53(71-74-89)29-68-56(92)38-77-3-9-81(42-60(98)99)15-21-86(47-65(108)109)22-16-82(10-4-77)43-61(100)101)27-51(26-49)33-90-36-54(72-75-90)30-69-57(93)39-78-5-11-83(44-62(102)103)17-23-87(48-66(110)111)24-18-84(12-6-78)45-63(104)105/h25-27,34-36H,1-24,28-33,37-48H2,(H,67,91)(H,68,92)(H,69,93)(H,94,95)(H,96,97)(H,98,99)(H,100,101)(H,102,103)(H,104,105)(H,106,107)(H,108,109)(H,110,111)/p-9. The Labute approximate surface area is 637 Å². The van der Waals surface area contributed by atoms with E-state index in [9.17, 15) is 104 Å². The third kappa shape index (κ3) is 35.6. The van der Waals surface area contributed by atoms with Gasteiger partial charge in [-0.1, -0.05) is 33.8 Å². The molecule has 3 N–H and O–H groups in total. The van der Waals surface area contributed by atoms with Crippen LogP contribution in [0.2, 0.25) is 0 Å². The molecule has 0 spiro atoms. The number of hydrogen-bond donors (Lipinski definition) is 3. The minimum absolute atomic E-state index is 0.125. The Hall–Kier alpha value is -10.2. The van der Waals surface area contributed by atoms with Gasteiger partial charge in [0.25, 0.3) is 0 Å². The van der Waals surface area contributed by atoms with Gasteiger partial charge in [0.15, 0.2) is 0 Å². The fourth-order valence-electron chi connectivity index (χ4n) is 12.7. The molecule has 4 aromatic rings. The number of carbonyl (C=O) groups excluding carboxylic acids is 6. The van der Waals surface area contributed by atoms with Crippen molar-refractivity contribution in [2.24, 2.45) is 15.0 Å². The molecule has 45 nitrogen and oxygen atoms in total. The molecule has 0 unspecified atom stereocenters. The summed E-state index contributed by atoms with van der Waals surface area (Å²) in [5.74, 6) is -13.2. The van der Waals surface area contributed by atoms with E-state index in [0.29, 0.717) is 33.8 Å². The number of aromatic nitrogens is 9. The number of carboxylic acid groups (broad SMARTS) is 9. The second kappa shape index (κ2) is 45.8. The van der Waals surface area contributed by atoms with Crippen LogP contribution in [-0.2, 0) is 82.4 Å². The van der Waals surface area contributed by atoms with Crippen molar-refractivity contribution in [3.63, 3.8) is 0 Å². The van der Waals surface area contributed by atoms with Crippen molar-refractivity contribution in [1.29, 1.82) is 0 Å². The minimum Gasteiger partial charge on any atom is -0.861 e. The Morgan fingerprint density at radius 2 is 0.432 bits per heavy atom. The van der Waals surface area contributed by atoms with Crippen LogP contribution in [0.1, 0.15) is 33.8 Å². The predicted molar refractivity (Wildman–Crippen MR) is 367 cm³/mol. The number of carboxylic acids is 9. The molecule has 6 heterocycles. The third-order valence-corrected chi connectivity index (χ3v) is 18.2. The van der Waals surface area contributed by atoms with Crippen molar-refractivity contribution in [2.45, 2.75) is 39.3 Å². The van der Waals surface area contributed by atoms with Gasteiger partial charge in [0.2, 0.25) is 0 Å². The van der Waals surface area contributed by atoms with Gasteiger partial charge < -0.3 is 90.0 Å². The smallest absolute Gasteiger partial charge is 0.317 e. The lowest BCUT2D eigenvalue weighted by Crippen LogP contribution is -2.51. The number of aliphatic imine (C=N–C) groups is 3. The zero-order valence-corrected chi connectivity index (χ0v) is 61.6. The molecule has 7 rings (SSSR count). The van der Waals surface area contributed by atoms with E-state index in [4.69, 9.17) is 0 Å². The quantitative estimate of drug-likeness (QED) is 0.0281. The third-order valence-electron chi connectivity index (χ3n) is 18.2. The zero-order valence-electron chi connectivity index (χ0n) is 61.6. The molecule has 0 radical (unpaired) electrons. The fourth-order valence-corrected chi connectivity index (χ4v) is 12.7.